The molecule has 0 saturated carbocycles. The highest BCUT2D eigenvalue weighted by Gasteiger charge is 2.26. The molecule has 44 heavy (non-hydrogen) atoms. The number of nitrogens with zero attached hydrogens (tertiary/aromatic N) is 5. The number of fused-ring (bicyclic) bond motifs is 2. The maximum absolute atomic E-state index is 15.8. The lowest BCUT2D eigenvalue weighted by atomic mass is 10.0. The van der Waals surface area contributed by atoms with Gasteiger partial charge in [-0.2, -0.15) is 4.98 Å². The van der Waals surface area contributed by atoms with E-state index in [9.17, 15) is 17.2 Å². The predicted molar refractivity (Wildman–Crippen MR) is 162 cm³/mol. The van der Waals surface area contributed by atoms with Crippen LogP contribution in [0.4, 0.5) is 24.7 Å². The SMILES string of the molecule is CCCS(=O)(=O)Nc1cccc(-c2cc(OC)c3nc(-n4c(C(F)F)nc5ccccc54)nc(N4CCOCC4)c3c2)c1F. The van der Waals surface area contributed by atoms with Gasteiger partial charge in [0.05, 0.1) is 42.8 Å². The molecular weight excluding hydrogens is 597 g/mol. The van der Waals surface area contributed by atoms with Crippen LogP contribution < -0.4 is 14.4 Å². The molecule has 0 radical (unpaired) electrons. The second-order valence-corrected chi connectivity index (χ2v) is 12.0. The quantitative estimate of drug-likeness (QED) is 0.222. The van der Waals surface area contributed by atoms with Crippen molar-refractivity contribution in [2.24, 2.45) is 0 Å². The van der Waals surface area contributed by atoms with Crippen molar-refractivity contribution in [2.75, 3.05) is 48.8 Å². The highest BCUT2D eigenvalue weighted by Crippen LogP contribution is 2.39. The number of hydrogen-bond donors (Lipinski definition) is 1. The maximum atomic E-state index is 15.8. The van der Waals surface area contributed by atoms with Crippen molar-refractivity contribution in [3.05, 3.63) is 66.2 Å². The minimum atomic E-state index is -3.74. The Morgan fingerprint density at radius 3 is 2.55 bits per heavy atom. The molecule has 0 atom stereocenters. The molecule has 1 N–H and O–H groups in total. The standard InChI is InChI=1S/C30H29F3N6O4S/c1-3-15-44(40,41)37-22-9-6-7-19(25(22)31)18-16-20-26(24(17-18)42-2)35-30(36-28(20)38-11-13-43-14-12-38)39-23-10-5-4-8-21(23)34-29(39)27(32)33/h4-10,16-17,27,37H,3,11-15H2,1-2H3. The van der Waals surface area contributed by atoms with Gasteiger partial charge in [-0.15, -0.1) is 0 Å². The van der Waals surface area contributed by atoms with Gasteiger partial charge in [0.1, 0.15) is 17.1 Å². The van der Waals surface area contributed by atoms with Gasteiger partial charge in [0.2, 0.25) is 16.0 Å². The smallest absolute Gasteiger partial charge is 0.296 e. The number of benzene rings is 3. The van der Waals surface area contributed by atoms with E-state index in [2.05, 4.69) is 9.71 Å². The van der Waals surface area contributed by atoms with Gasteiger partial charge >= 0.3 is 0 Å². The van der Waals surface area contributed by atoms with Gasteiger partial charge in [-0.25, -0.2) is 31.6 Å². The van der Waals surface area contributed by atoms with Gasteiger partial charge in [0.25, 0.3) is 6.43 Å². The third-order valence-corrected chi connectivity index (χ3v) is 8.77. The fourth-order valence-electron chi connectivity index (χ4n) is 5.32. The Morgan fingerprint density at radius 1 is 1.05 bits per heavy atom. The lowest BCUT2D eigenvalue weighted by Crippen LogP contribution is -2.37. The zero-order valence-electron chi connectivity index (χ0n) is 23.9. The van der Waals surface area contributed by atoms with Crippen molar-refractivity contribution in [3.63, 3.8) is 0 Å². The number of para-hydroxylation sites is 2. The number of halogens is 3. The zero-order chi connectivity index (χ0) is 31.0. The molecule has 6 rings (SSSR count). The molecular formula is C30H29F3N6O4S. The van der Waals surface area contributed by atoms with Gasteiger partial charge in [-0.05, 0) is 42.3 Å². The molecule has 0 aliphatic carbocycles. The molecule has 3 heterocycles. The molecule has 5 aromatic rings. The topological polar surface area (TPSA) is 111 Å². The Labute approximate surface area is 251 Å². The Kier molecular flexibility index (Phi) is 8.03. The first kappa shape index (κ1) is 29.6. The lowest BCUT2D eigenvalue weighted by Gasteiger charge is -2.29. The number of imidazole rings is 1. The van der Waals surface area contributed by atoms with Gasteiger partial charge in [-0.3, -0.25) is 9.29 Å². The van der Waals surface area contributed by atoms with Crippen LogP contribution in [0.1, 0.15) is 25.6 Å². The van der Waals surface area contributed by atoms with Crippen LogP contribution in [0, 0.1) is 5.82 Å². The number of hydrogen-bond acceptors (Lipinski definition) is 8. The number of ether oxygens (including phenoxy) is 2. The third kappa shape index (κ3) is 5.50. The summed E-state index contributed by atoms with van der Waals surface area (Å²) in [4.78, 5) is 15.6. The second kappa shape index (κ2) is 11.9. The van der Waals surface area contributed by atoms with E-state index >= 15 is 4.39 Å². The molecule has 1 aliphatic rings. The highest BCUT2D eigenvalue weighted by molar-refractivity contribution is 7.92. The van der Waals surface area contributed by atoms with Crippen LogP contribution in [-0.2, 0) is 14.8 Å². The first-order valence-electron chi connectivity index (χ1n) is 14.0. The number of rotatable bonds is 9. The van der Waals surface area contributed by atoms with Crippen molar-refractivity contribution in [1.82, 2.24) is 19.5 Å². The molecule has 1 saturated heterocycles. The van der Waals surface area contributed by atoms with Gasteiger partial charge in [0, 0.05) is 24.0 Å². The molecule has 0 spiro atoms. The molecule has 1 fully saturated rings. The summed E-state index contributed by atoms with van der Waals surface area (Å²) in [6, 6.07) is 14.4. The first-order valence-corrected chi connectivity index (χ1v) is 15.6. The molecule has 10 nitrogen and oxygen atoms in total. The number of alkyl halides is 2. The fraction of sp³-hybridized carbons (Fsp3) is 0.300. The van der Waals surface area contributed by atoms with E-state index in [-0.39, 0.29) is 28.7 Å². The Bertz CT molecular complexity index is 1960. The molecule has 3 aromatic carbocycles. The maximum Gasteiger partial charge on any atom is 0.296 e. The molecule has 230 valence electrons. The number of sulfonamides is 1. The Balaban J connectivity index is 1.58. The number of aromatic nitrogens is 4. The highest BCUT2D eigenvalue weighted by atomic mass is 32.2. The van der Waals surface area contributed by atoms with Crippen LogP contribution >= 0.6 is 0 Å². The summed E-state index contributed by atoms with van der Waals surface area (Å²) >= 11 is 0. The van der Waals surface area contributed by atoms with E-state index < -0.39 is 28.1 Å². The van der Waals surface area contributed by atoms with Crippen LogP contribution in [0.25, 0.3) is 39.0 Å². The molecule has 1 aliphatic heterocycles. The normalized spacial score (nSPS) is 14.1. The summed E-state index contributed by atoms with van der Waals surface area (Å²) < 4.78 is 83.9. The van der Waals surface area contributed by atoms with E-state index in [1.54, 1.807) is 49.4 Å². The van der Waals surface area contributed by atoms with Crippen LogP contribution in [0.5, 0.6) is 5.75 Å². The van der Waals surface area contributed by atoms with E-state index in [4.69, 9.17) is 19.4 Å². The number of methoxy groups -OCH3 is 1. The van der Waals surface area contributed by atoms with Crippen molar-refractivity contribution >= 4 is 43.5 Å². The summed E-state index contributed by atoms with van der Waals surface area (Å²) in [5, 5.41) is 0.490. The monoisotopic (exact) mass is 626 g/mol. The molecule has 2 aromatic heterocycles. The van der Waals surface area contributed by atoms with Crippen LogP contribution in [0.15, 0.2) is 54.6 Å². The van der Waals surface area contributed by atoms with E-state index in [0.717, 1.165) is 0 Å². The minimum absolute atomic E-state index is 0.0208. The van der Waals surface area contributed by atoms with E-state index in [0.29, 0.717) is 66.0 Å². The number of nitrogens with one attached hydrogen (secondary N) is 1. The average molecular weight is 627 g/mol. The van der Waals surface area contributed by atoms with Crippen LogP contribution in [0.3, 0.4) is 0 Å². The van der Waals surface area contributed by atoms with Crippen LogP contribution in [0.2, 0.25) is 0 Å². The lowest BCUT2D eigenvalue weighted by molar-refractivity contribution is 0.122. The second-order valence-electron chi connectivity index (χ2n) is 10.2. The number of anilines is 2. The molecule has 0 bridgehead atoms. The average Bonchev–Trinajstić information content (AvgIpc) is 3.41. The van der Waals surface area contributed by atoms with Crippen molar-refractivity contribution in [1.29, 1.82) is 0 Å². The van der Waals surface area contributed by atoms with E-state index in [1.807, 2.05) is 4.90 Å². The van der Waals surface area contributed by atoms with Gasteiger partial charge in [0.15, 0.2) is 11.6 Å². The summed E-state index contributed by atoms with van der Waals surface area (Å²) in [6.07, 6.45) is -2.53. The Morgan fingerprint density at radius 2 is 1.82 bits per heavy atom. The first-order chi connectivity index (χ1) is 21.2. The predicted octanol–water partition coefficient (Wildman–Crippen LogP) is 5.71. The minimum Gasteiger partial charge on any atom is -0.494 e. The van der Waals surface area contributed by atoms with Crippen molar-refractivity contribution in [3.8, 4) is 22.8 Å². The summed E-state index contributed by atoms with van der Waals surface area (Å²) in [5.74, 6) is -0.763. The van der Waals surface area contributed by atoms with Crippen LogP contribution in [-0.4, -0.2) is 67.1 Å². The fourth-order valence-corrected chi connectivity index (χ4v) is 6.46. The van der Waals surface area contributed by atoms with Gasteiger partial charge < -0.3 is 14.4 Å². The van der Waals surface area contributed by atoms with Crippen molar-refractivity contribution in [2.45, 2.75) is 19.8 Å². The summed E-state index contributed by atoms with van der Waals surface area (Å²) in [7, 11) is -2.31. The zero-order valence-corrected chi connectivity index (χ0v) is 24.7. The molecule has 0 amide bonds. The van der Waals surface area contributed by atoms with E-state index in [1.165, 1.54) is 23.8 Å². The van der Waals surface area contributed by atoms with Crippen molar-refractivity contribution < 1.29 is 31.1 Å². The van der Waals surface area contributed by atoms with Gasteiger partial charge in [-0.1, -0.05) is 31.2 Å². The third-order valence-electron chi connectivity index (χ3n) is 7.29. The largest absolute Gasteiger partial charge is 0.494 e. The summed E-state index contributed by atoms with van der Waals surface area (Å²) in [6.45, 7) is 3.49. The summed E-state index contributed by atoms with van der Waals surface area (Å²) in [5.41, 5.74) is 1.43. The molecule has 14 heteroatoms. The molecule has 0 unspecified atom stereocenters. The Hall–Kier alpha value is -4.43. The number of morpholine rings is 1.